The lowest BCUT2D eigenvalue weighted by atomic mass is 9.84. The Balaban J connectivity index is 2.00. The quantitative estimate of drug-likeness (QED) is 0.526. The van der Waals surface area contributed by atoms with Crippen molar-refractivity contribution in [2.24, 2.45) is 11.8 Å². The van der Waals surface area contributed by atoms with Crippen molar-refractivity contribution < 1.29 is 0 Å². The molecular weight excluding hydrogens is 216 g/mol. The number of hydrogen-bond donors (Lipinski definition) is 0. The summed E-state index contributed by atoms with van der Waals surface area (Å²) in [6.45, 7) is 0. The molecule has 0 aromatic rings. The van der Waals surface area contributed by atoms with Gasteiger partial charge in [0.2, 0.25) is 0 Å². The van der Waals surface area contributed by atoms with Crippen LogP contribution in [0.1, 0.15) is 51.4 Å². The first-order chi connectivity index (χ1) is 8.97. The summed E-state index contributed by atoms with van der Waals surface area (Å²) in [5.74, 6) is 1.49. The van der Waals surface area contributed by atoms with Gasteiger partial charge >= 0.3 is 0 Å². The molecular formula is C18H26. The van der Waals surface area contributed by atoms with Crippen molar-refractivity contribution in [2.45, 2.75) is 51.4 Å². The minimum atomic E-state index is 0.746. The van der Waals surface area contributed by atoms with E-state index in [-0.39, 0.29) is 0 Å². The van der Waals surface area contributed by atoms with E-state index in [1.165, 1.54) is 51.4 Å². The lowest BCUT2D eigenvalue weighted by Gasteiger charge is -2.21. The minimum absolute atomic E-state index is 0.746. The second kappa shape index (κ2) is 8.13. The largest absolute Gasteiger partial charge is 0.0885 e. The molecule has 18 heavy (non-hydrogen) atoms. The summed E-state index contributed by atoms with van der Waals surface area (Å²) in [6, 6.07) is 0. The zero-order valence-corrected chi connectivity index (χ0v) is 11.4. The average Bonchev–Trinajstić information content (AvgIpc) is 2.61. The molecule has 0 saturated heterocycles. The molecule has 0 unspecified atom stereocenters. The van der Waals surface area contributed by atoms with E-state index < -0.39 is 0 Å². The second-order valence-corrected chi connectivity index (χ2v) is 5.44. The van der Waals surface area contributed by atoms with E-state index in [0.717, 1.165) is 11.8 Å². The molecule has 98 valence electrons. The van der Waals surface area contributed by atoms with E-state index in [9.17, 15) is 0 Å². The van der Waals surface area contributed by atoms with Crippen LogP contribution in [0.4, 0.5) is 0 Å². The fraction of sp³-hybridized carbons (Fsp3) is 0.556. The summed E-state index contributed by atoms with van der Waals surface area (Å²) < 4.78 is 0. The van der Waals surface area contributed by atoms with Gasteiger partial charge in [0.15, 0.2) is 0 Å². The molecule has 0 radical (unpaired) electrons. The molecule has 0 heterocycles. The van der Waals surface area contributed by atoms with E-state index in [4.69, 9.17) is 0 Å². The molecule has 2 aliphatic carbocycles. The molecule has 0 heteroatoms. The standard InChI is InChI=1S/C18H26/c1-2-6-10-14-17(13-9-5-1)18-15-11-7-3-4-8-12-16-18/h1,3,5,7,10,12,14,16-18H,2,4,6,8-9,11,13,15H2/t17-,18-/m0/s1. The fourth-order valence-electron chi connectivity index (χ4n) is 2.88. The Labute approximate surface area is 112 Å². The Morgan fingerprint density at radius 1 is 0.444 bits per heavy atom. The van der Waals surface area contributed by atoms with Gasteiger partial charge in [0.1, 0.15) is 0 Å². The zero-order chi connectivity index (χ0) is 12.5. The Morgan fingerprint density at radius 2 is 0.833 bits per heavy atom. The van der Waals surface area contributed by atoms with Gasteiger partial charge in [-0.3, -0.25) is 0 Å². The maximum Gasteiger partial charge on any atom is -0.0167 e. The van der Waals surface area contributed by atoms with Gasteiger partial charge in [-0.1, -0.05) is 48.6 Å². The second-order valence-electron chi connectivity index (χ2n) is 5.44. The lowest BCUT2D eigenvalue weighted by Crippen LogP contribution is -2.10. The lowest BCUT2D eigenvalue weighted by molar-refractivity contribution is 0.424. The van der Waals surface area contributed by atoms with Crippen molar-refractivity contribution in [2.75, 3.05) is 0 Å². The monoisotopic (exact) mass is 242 g/mol. The van der Waals surface area contributed by atoms with Crippen molar-refractivity contribution in [1.82, 2.24) is 0 Å². The molecule has 0 nitrogen and oxygen atoms in total. The highest BCUT2D eigenvalue weighted by Gasteiger charge is 2.15. The summed E-state index contributed by atoms with van der Waals surface area (Å²) in [5, 5.41) is 0. The first kappa shape index (κ1) is 13.4. The highest BCUT2D eigenvalue weighted by molar-refractivity contribution is 5.04. The SMILES string of the molecule is C1=CCC[C@H]([C@@H]2C=CCCC=CCC2)C=CCC1. The van der Waals surface area contributed by atoms with E-state index in [1.807, 2.05) is 0 Å². The summed E-state index contributed by atoms with van der Waals surface area (Å²) in [6.07, 6.45) is 29.2. The summed E-state index contributed by atoms with van der Waals surface area (Å²) in [5.41, 5.74) is 0. The van der Waals surface area contributed by atoms with Crippen LogP contribution in [0, 0.1) is 11.8 Å². The smallest absolute Gasteiger partial charge is 0.0167 e. The van der Waals surface area contributed by atoms with Crippen molar-refractivity contribution >= 4 is 0 Å². The van der Waals surface area contributed by atoms with Crippen molar-refractivity contribution in [3.05, 3.63) is 48.6 Å². The van der Waals surface area contributed by atoms with E-state index in [0.29, 0.717) is 0 Å². The molecule has 0 saturated carbocycles. The zero-order valence-electron chi connectivity index (χ0n) is 11.4. The van der Waals surface area contributed by atoms with Crippen LogP contribution in [0.15, 0.2) is 48.6 Å². The summed E-state index contributed by atoms with van der Waals surface area (Å²) >= 11 is 0. The highest BCUT2D eigenvalue weighted by atomic mass is 14.2. The molecule has 0 aromatic heterocycles. The van der Waals surface area contributed by atoms with Crippen LogP contribution in [0.2, 0.25) is 0 Å². The Morgan fingerprint density at radius 3 is 1.33 bits per heavy atom. The van der Waals surface area contributed by atoms with E-state index >= 15 is 0 Å². The maximum absolute atomic E-state index is 2.49. The Hall–Kier alpha value is -1.04. The van der Waals surface area contributed by atoms with E-state index in [1.54, 1.807) is 0 Å². The number of allylic oxidation sites excluding steroid dienone is 8. The van der Waals surface area contributed by atoms with Gasteiger partial charge in [0.05, 0.1) is 0 Å². The maximum atomic E-state index is 2.49. The topological polar surface area (TPSA) is 0 Å². The summed E-state index contributed by atoms with van der Waals surface area (Å²) in [4.78, 5) is 0. The first-order valence-corrected chi connectivity index (χ1v) is 7.60. The third kappa shape index (κ3) is 4.68. The van der Waals surface area contributed by atoms with Gasteiger partial charge in [-0.25, -0.2) is 0 Å². The molecule has 0 bridgehead atoms. The molecule has 0 spiro atoms. The fourth-order valence-corrected chi connectivity index (χ4v) is 2.88. The van der Waals surface area contributed by atoms with Crippen LogP contribution in [-0.4, -0.2) is 0 Å². The third-order valence-corrected chi connectivity index (χ3v) is 3.98. The molecule has 2 atom stereocenters. The molecule has 2 rings (SSSR count). The van der Waals surface area contributed by atoms with Crippen molar-refractivity contribution in [3.63, 3.8) is 0 Å². The Bertz CT molecular complexity index is 296. The molecule has 2 aliphatic rings. The van der Waals surface area contributed by atoms with Gasteiger partial charge in [0.25, 0.3) is 0 Å². The van der Waals surface area contributed by atoms with Crippen molar-refractivity contribution in [3.8, 4) is 0 Å². The summed E-state index contributed by atoms with van der Waals surface area (Å²) in [7, 11) is 0. The van der Waals surface area contributed by atoms with Crippen LogP contribution in [0.3, 0.4) is 0 Å². The van der Waals surface area contributed by atoms with Crippen LogP contribution in [0.5, 0.6) is 0 Å². The van der Waals surface area contributed by atoms with Gasteiger partial charge < -0.3 is 0 Å². The van der Waals surface area contributed by atoms with Crippen molar-refractivity contribution in [1.29, 1.82) is 0 Å². The molecule has 0 aromatic carbocycles. The Kier molecular flexibility index (Phi) is 6.05. The number of hydrogen-bond acceptors (Lipinski definition) is 0. The molecule has 0 fully saturated rings. The van der Waals surface area contributed by atoms with Crippen LogP contribution >= 0.6 is 0 Å². The van der Waals surface area contributed by atoms with Gasteiger partial charge in [-0.05, 0) is 63.2 Å². The van der Waals surface area contributed by atoms with Gasteiger partial charge in [0, 0.05) is 0 Å². The number of rotatable bonds is 1. The minimum Gasteiger partial charge on any atom is -0.0885 e. The molecule has 0 amide bonds. The average molecular weight is 242 g/mol. The van der Waals surface area contributed by atoms with E-state index in [2.05, 4.69) is 48.6 Å². The molecule has 0 aliphatic heterocycles. The van der Waals surface area contributed by atoms with Crippen LogP contribution < -0.4 is 0 Å². The third-order valence-electron chi connectivity index (χ3n) is 3.98. The highest BCUT2D eigenvalue weighted by Crippen LogP contribution is 2.27. The van der Waals surface area contributed by atoms with Crippen LogP contribution in [0.25, 0.3) is 0 Å². The van der Waals surface area contributed by atoms with Gasteiger partial charge in [-0.2, -0.15) is 0 Å². The predicted octanol–water partition coefficient (Wildman–Crippen LogP) is 5.59. The molecule has 0 N–H and O–H groups in total. The normalized spacial score (nSPS) is 29.8. The van der Waals surface area contributed by atoms with Crippen LogP contribution in [-0.2, 0) is 0 Å². The predicted molar refractivity (Wildman–Crippen MR) is 80.5 cm³/mol. The first-order valence-electron chi connectivity index (χ1n) is 7.60. The van der Waals surface area contributed by atoms with Gasteiger partial charge in [-0.15, -0.1) is 0 Å².